The predicted molar refractivity (Wildman–Crippen MR) is 105 cm³/mol. The summed E-state index contributed by atoms with van der Waals surface area (Å²) in [6.45, 7) is 3.99. The molecule has 2 aromatic rings. The number of rotatable bonds is 4. The zero-order chi connectivity index (χ0) is 20.0. The number of halogens is 1. The molecule has 28 heavy (non-hydrogen) atoms. The van der Waals surface area contributed by atoms with Gasteiger partial charge in [0.2, 0.25) is 5.91 Å². The number of carbonyl (C=O) groups excluding carboxylic acids is 1. The van der Waals surface area contributed by atoms with E-state index in [1.165, 1.54) is 23.5 Å². The molecule has 2 bridgehead atoms. The first-order valence-corrected chi connectivity index (χ1v) is 10.2. The number of amides is 1. The molecule has 2 aliphatic carbocycles. The van der Waals surface area contributed by atoms with Crippen LogP contribution >= 0.6 is 11.3 Å². The monoisotopic (exact) mass is 400 g/mol. The van der Waals surface area contributed by atoms with Gasteiger partial charge < -0.3 is 10.4 Å². The summed E-state index contributed by atoms with van der Waals surface area (Å²) in [5.41, 5.74) is 3.68. The molecule has 1 heterocycles. The number of carboxylic acid groups (broad SMARTS) is 1. The Bertz CT molecular complexity index is 962. The van der Waals surface area contributed by atoms with Crippen molar-refractivity contribution in [3.8, 4) is 11.3 Å². The van der Waals surface area contributed by atoms with E-state index in [4.69, 9.17) is 0 Å². The van der Waals surface area contributed by atoms with Crippen LogP contribution in [0, 0.1) is 29.5 Å². The molecule has 0 unspecified atom stereocenters. The van der Waals surface area contributed by atoms with Crippen LogP contribution in [0.15, 0.2) is 40.8 Å². The Labute approximate surface area is 166 Å². The lowest BCUT2D eigenvalue weighted by molar-refractivity contribution is -0.148. The highest BCUT2D eigenvalue weighted by molar-refractivity contribution is 7.14. The third kappa shape index (κ3) is 3.13. The van der Waals surface area contributed by atoms with Crippen molar-refractivity contribution in [2.75, 3.05) is 5.32 Å². The number of thiazole rings is 1. The quantitative estimate of drug-likeness (QED) is 0.736. The number of aromatic nitrogens is 1. The lowest BCUT2D eigenvalue weighted by Gasteiger charge is -2.25. The molecule has 2 fully saturated rings. The number of carboxylic acids is 1. The van der Waals surface area contributed by atoms with Crippen molar-refractivity contribution in [2.24, 2.45) is 23.7 Å². The van der Waals surface area contributed by atoms with Crippen LogP contribution in [0.2, 0.25) is 0 Å². The summed E-state index contributed by atoms with van der Waals surface area (Å²) in [5, 5.41) is 14.8. The Balaban J connectivity index is 1.56. The average molecular weight is 400 g/mol. The predicted octanol–water partition coefficient (Wildman–Crippen LogP) is 4.58. The molecule has 1 amide bonds. The molecule has 2 N–H and O–H groups in total. The molecular weight excluding hydrogens is 379 g/mol. The number of fused-ring (bicyclic) bond motifs is 2. The summed E-state index contributed by atoms with van der Waals surface area (Å²) in [4.78, 5) is 29.3. The van der Waals surface area contributed by atoms with E-state index >= 15 is 0 Å². The third-order valence-corrected chi connectivity index (χ3v) is 6.64. The summed E-state index contributed by atoms with van der Waals surface area (Å²) in [6.07, 6.45) is 1.68. The van der Waals surface area contributed by atoms with Gasteiger partial charge in [-0.15, -0.1) is 11.3 Å². The van der Waals surface area contributed by atoms with Crippen LogP contribution in [0.1, 0.15) is 26.7 Å². The van der Waals surface area contributed by atoms with Crippen LogP contribution in [0.5, 0.6) is 0 Å². The zero-order valence-corrected chi connectivity index (χ0v) is 16.4. The first-order valence-electron chi connectivity index (χ1n) is 9.29. The molecule has 2 aliphatic rings. The number of anilines is 1. The lowest BCUT2D eigenvalue weighted by atomic mass is 9.79. The van der Waals surface area contributed by atoms with E-state index in [2.05, 4.69) is 10.3 Å². The van der Waals surface area contributed by atoms with Gasteiger partial charge in [-0.2, -0.15) is 0 Å². The Morgan fingerprint density at radius 1 is 1.14 bits per heavy atom. The molecule has 0 saturated heterocycles. The van der Waals surface area contributed by atoms with Crippen molar-refractivity contribution < 1.29 is 19.1 Å². The number of aliphatic carboxylic acids is 1. The SMILES string of the molecule is CC(C)=C1[C@H]2CC[C@H]1[C@@H](C(=O)Nc1nc(-c3ccc(F)cc3)cs1)[C@@H]2C(=O)O. The van der Waals surface area contributed by atoms with Crippen LogP contribution in [-0.2, 0) is 9.59 Å². The molecule has 1 aromatic carbocycles. The summed E-state index contributed by atoms with van der Waals surface area (Å²) >= 11 is 1.28. The molecule has 146 valence electrons. The summed E-state index contributed by atoms with van der Waals surface area (Å²) in [6, 6.07) is 5.99. The number of hydrogen-bond donors (Lipinski definition) is 2. The maximum Gasteiger partial charge on any atom is 0.307 e. The van der Waals surface area contributed by atoms with Crippen molar-refractivity contribution >= 4 is 28.3 Å². The second-order valence-corrected chi connectivity index (χ2v) is 8.53. The maximum atomic E-state index is 13.1. The fraction of sp³-hybridized carbons (Fsp3) is 0.381. The fourth-order valence-electron chi connectivity index (χ4n) is 4.88. The Kier molecular flexibility index (Phi) is 4.79. The van der Waals surface area contributed by atoms with E-state index in [0.29, 0.717) is 10.8 Å². The van der Waals surface area contributed by atoms with Gasteiger partial charge in [0, 0.05) is 10.9 Å². The molecular formula is C21H21FN2O3S. The van der Waals surface area contributed by atoms with E-state index in [-0.39, 0.29) is 23.6 Å². The van der Waals surface area contributed by atoms with Gasteiger partial charge >= 0.3 is 5.97 Å². The molecule has 4 atom stereocenters. The normalized spacial score (nSPS) is 25.8. The van der Waals surface area contributed by atoms with E-state index in [0.717, 1.165) is 29.6 Å². The van der Waals surface area contributed by atoms with Gasteiger partial charge in [0.25, 0.3) is 0 Å². The number of hydrogen-bond acceptors (Lipinski definition) is 4. The smallest absolute Gasteiger partial charge is 0.307 e. The highest BCUT2D eigenvalue weighted by Crippen LogP contribution is 2.57. The molecule has 5 nitrogen and oxygen atoms in total. The topological polar surface area (TPSA) is 79.3 Å². The number of nitrogens with one attached hydrogen (secondary N) is 1. The highest BCUT2D eigenvalue weighted by atomic mass is 32.1. The van der Waals surface area contributed by atoms with E-state index in [1.807, 2.05) is 13.8 Å². The Hall–Kier alpha value is -2.54. The van der Waals surface area contributed by atoms with Crippen LogP contribution in [-0.4, -0.2) is 22.0 Å². The fourth-order valence-corrected chi connectivity index (χ4v) is 5.60. The molecule has 1 aromatic heterocycles. The lowest BCUT2D eigenvalue weighted by Crippen LogP contribution is -2.37. The maximum absolute atomic E-state index is 13.1. The van der Waals surface area contributed by atoms with Crippen LogP contribution in [0.3, 0.4) is 0 Å². The third-order valence-electron chi connectivity index (χ3n) is 5.88. The largest absolute Gasteiger partial charge is 0.481 e. The van der Waals surface area contributed by atoms with Crippen molar-refractivity contribution in [2.45, 2.75) is 26.7 Å². The Morgan fingerprint density at radius 2 is 1.79 bits per heavy atom. The molecule has 0 radical (unpaired) electrons. The highest BCUT2D eigenvalue weighted by Gasteiger charge is 2.57. The van der Waals surface area contributed by atoms with E-state index < -0.39 is 17.8 Å². The Morgan fingerprint density at radius 3 is 2.39 bits per heavy atom. The minimum atomic E-state index is -0.905. The van der Waals surface area contributed by atoms with E-state index in [9.17, 15) is 19.1 Å². The van der Waals surface area contributed by atoms with Gasteiger partial charge in [0.05, 0.1) is 17.5 Å². The van der Waals surface area contributed by atoms with Gasteiger partial charge in [-0.3, -0.25) is 9.59 Å². The summed E-state index contributed by atoms with van der Waals surface area (Å²) in [5.74, 6) is -2.81. The van der Waals surface area contributed by atoms with Gasteiger partial charge in [-0.05, 0) is 62.8 Å². The number of benzene rings is 1. The van der Waals surface area contributed by atoms with Crippen LogP contribution in [0.4, 0.5) is 9.52 Å². The first kappa shape index (κ1) is 18.8. The van der Waals surface area contributed by atoms with Gasteiger partial charge in [-0.1, -0.05) is 11.1 Å². The molecule has 2 saturated carbocycles. The van der Waals surface area contributed by atoms with Gasteiger partial charge in [0.1, 0.15) is 5.82 Å². The first-order chi connectivity index (χ1) is 13.4. The zero-order valence-electron chi connectivity index (χ0n) is 15.6. The average Bonchev–Trinajstić information content (AvgIpc) is 3.35. The van der Waals surface area contributed by atoms with Crippen molar-refractivity contribution in [1.82, 2.24) is 4.98 Å². The van der Waals surface area contributed by atoms with Crippen molar-refractivity contribution in [3.05, 3.63) is 46.6 Å². The number of carbonyl (C=O) groups is 2. The molecule has 0 aliphatic heterocycles. The van der Waals surface area contributed by atoms with Crippen LogP contribution < -0.4 is 5.32 Å². The van der Waals surface area contributed by atoms with Crippen molar-refractivity contribution in [3.63, 3.8) is 0 Å². The number of allylic oxidation sites excluding steroid dienone is 2. The minimum Gasteiger partial charge on any atom is -0.481 e. The molecule has 0 spiro atoms. The summed E-state index contributed by atoms with van der Waals surface area (Å²) < 4.78 is 13.1. The molecule has 4 rings (SSSR count). The number of nitrogens with zero attached hydrogens (tertiary/aromatic N) is 1. The van der Waals surface area contributed by atoms with Gasteiger partial charge in [-0.25, -0.2) is 9.37 Å². The second kappa shape index (κ2) is 7.13. The standard InChI is InChI=1S/C21H21FN2O3S/c1-10(2)16-13-7-8-14(16)18(20(26)27)17(13)19(25)24-21-23-15(9-28-21)11-3-5-12(22)6-4-11/h3-6,9,13-14,17-18H,7-8H2,1-2H3,(H,26,27)(H,23,24,25)/t13-,14-,17-,18-/m1/s1. The molecule has 7 heteroatoms. The van der Waals surface area contributed by atoms with Crippen molar-refractivity contribution in [1.29, 1.82) is 0 Å². The summed E-state index contributed by atoms with van der Waals surface area (Å²) in [7, 11) is 0. The second-order valence-electron chi connectivity index (χ2n) is 7.67. The van der Waals surface area contributed by atoms with Crippen LogP contribution in [0.25, 0.3) is 11.3 Å². The van der Waals surface area contributed by atoms with Gasteiger partial charge in [0.15, 0.2) is 5.13 Å². The van der Waals surface area contributed by atoms with E-state index in [1.54, 1.807) is 17.5 Å². The minimum absolute atomic E-state index is 0.00682.